The molecule has 1 unspecified atom stereocenters. The molecule has 3 N–H and O–H groups in total. The van der Waals surface area contributed by atoms with Gasteiger partial charge in [-0.05, 0) is 34.2 Å². The second-order valence-corrected chi connectivity index (χ2v) is 8.73. The highest BCUT2D eigenvalue weighted by molar-refractivity contribution is 6.09. The lowest BCUT2D eigenvalue weighted by atomic mass is 9.83. The minimum atomic E-state index is -1.20. The molecule has 0 radical (unpaired) electrons. The fraction of sp³-hybridized carbons (Fsp3) is 0.172. The molecule has 34 heavy (non-hydrogen) atoms. The van der Waals surface area contributed by atoms with Gasteiger partial charge in [0.2, 0.25) is 0 Å². The zero-order chi connectivity index (χ0) is 23.5. The summed E-state index contributed by atoms with van der Waals surface area (Å²) in [5.41, 5.74) is 9.92. The highest BCUT2D eigenvalue weighted by atomic mass is 16.3. The van der Waals surface area contributed by atoms with Crippen LogP contribution in [0.4, 0.5) is 0 Å². The normalized spacial score (nSPS) is 19.1. The highest BCUT2D eigenvalue weighted by Crippen LogP contribution is 2.40. The number of guanidine groups is 1. The topological polar surface area (TPSA) is 78.9 Å². The van der Waals surface area contributed by atoms with Crippen molar-refractivity contribution in [1.82, 2.24) is 4.90 Å². The lowest BCUT2D eigenvalue weighted by Gasteiger charge is -2.27. The Hall–Kier alpha value is -3.96. The molecular weight excluding hydrogens is 422 g/mol. The number of carbonyl (C=O) groups excluding carboxylic acids is 1. The summed E-state index contributed by atoms with van der Waals surface area (Å²) in [6.45, 7) is 0.402. The fourth-order valence-corrected chi connectivity index (χ4v) is 4.83. The van der Waals surface area contributed by atoms with Gasteiger partial charge in [0.15, 0.2) is 11.5 Å². The van der Waals surface area contributed by atoms with Crippen molar-refractivity contribution in [2.45, 2.75) is 24.4 Å². The van der Waals surface area contributed by atoms with Crippen LogP contribution in [0.5, 0.6) is 0 Å². The molecule has 1 heterocycles. The molecule has 2 aliphatic rings. The van der Waals surface area contributed by atoms with Crippen LogP contribution in [0, 0.1) is 0 Å². The zero-order valence-corrected chi connectivity index (χ0v) is 18.8. The fourth-order valence-electron chi connectivity index (χ4n) is 4.83. The standard InChI is InChI=1S/C29H27N3O2/c30-28-31-29(25-13-3-1-4-14-25,26-15-5-2-6-16-26)27(34)32(28)19-21-9-7-11-23(17-21)24-12-8-10-22(18-24)20-33/h1-17,24,33H,18-20H2,(H2,30,31). The molecule has 1 aliphatic heterocycles. The van der Waals surface area contributed by atoms with Gasteiger partial charge in [0.05, 0.1) is 13.2 Å². The Morgan fingerprint density at radius 1 is 0.971 bits per heavy atom. The van der Waals surface area contributed by atoms with Crippen molar-refractivity contribution in [3.05, 3.63) is 131 Å². The average Bonchev–Trinajstić information content (AvgIpc) is 3.15. The SMILES string of the molecule is NC1=NC(c2ccccc2)(c2ccccc2)C(=O)N1Cc1cccc(C2C=CC=C(CO)C2)c1. The second-order valence-electron chi connectivity index (χ2n) is 8.73. The number of amides is 1. The molecule has 3 aromatic rings. The molecular formula is C29H27N3O2. The van der Waals surface area contributed by atoms with E-state index in [1.807, 2.05) is 84.9 Å². The van der Waals surface area contributed by atoms with Crippen LogP contribution in [-0.2, 0) is 16.9 Å². The summed E-state index contributed by atoms with van der Waals surface area (Å²) in [7, 11) is 0. The number of nitrogens with zero attached hydrogens (tertiary/aromatic N) is 2. The summed E-state index contributed by atoms with van der Waals surface area (Å²) in [5, 5.41) is 9.52. The van der Waals surface area contributed by atoms with E-state index in [1.165, 1.54) is 0 Å². The van der Waals surface area contributed by atoms with Crippen molar-refractivity contribution in [3.63, 3.8) is 0 Å². The third-order valence-corrected chi connectivity index (χ3v) is 6.58. The Morgan fingerprint density at radius 2 is 1.65 bits per heavy atom. The molecule has 0 saturated heterocycles. The van der Waals surface area contributed by atoms with Gasteiger partial charge in [-0.15, -0.1) is 0 Å². The Labute approximate surface area is 199 Å². The third kappa shape index (κ3) is 3.84. The summed E-state index contributed by atoms with van der Waals surface area (Å²) in [6.07, 6.45) is 6.89. The number of hydrogen-bond donors (Lipinski definition) is 2. The van der Waals surface area contributed by atoms with Crippen molar-refractivity contribution in [1.29, 1.82) is 0 Å². The predicted molar refractivity (Wildman–Crippen MR) is 134 cm³/mol. The number of nitrogens with two attached hydrogens (primary N) is 1. The van der Waals surface area contributed by atoms with Crippen LogP contribution in [-0.4, -0.2) is 28.5 Å². The van der Waals surface area contributed by atoms with Crippen molar-refractivity contribution < 1.29 is 9.90 Å². The van der Waals surface area contributed by atoms with E-state index in [4.69, 9.17) is 10.7 Å². The average molecular weight is 450 g/mol. The molecule has 3 aromatic carbocycles. The van der Waals surface area contributed by atoms with Crippen LogP contribution in [0.1, 0.15) is 34.6 Å². The van der Waals surface area contributed by atoms with Crippen molar-refractivity contribution in [3.8, 4) is 0 Å². The smallest absolute Gasteiger partial charge is 0.266 e. The molecule has 1 atom stereocenters. The first-order valence-electron chi connectivity index (χ1n) is 11.5. The quantitative estimate of drug-likeness (QED) is 0.591. The largest absolute Gasteiger partial charge is 0.392 e. The third-order valence-electron chi connectivity index (χ3n) is 6.58. The second kappa shape index (κ2) is 9.12. The molecule has 5 heteroatoms. The van der Waals surface area contributed by atoms with E-state index in [0.29, 0.717) is 6.54 Å². The summed E-state index contributed by atoms with van der Waals surface area (Å²) in [6, 6.07) is 27.4. The van der Waals surface area contributed by atoms with Gasteiger partial charge in [0.25, 0.3) is 5.91 Å². The number of rotatable bonds is 6. The maximum atomic E-state index is 14.0. The maximum absolute atomic E-state index is 14.0. The summed E-state index contributed by atoms with van der Waals surface area (Å²) < 4.78 is 0. The van der Waals surface area contributed by atoms with E-state index >= 15 is 0 Å². The monoisotopic (exact) mass is 449 g/mol. The van der Waals surface area contributed by atoms with Crippen LogP contribution in [0.2, 0.25) is 0 Å². The van der Waals surface area contributed by atoms with Crippen molar-refractivity contribution in [2.24, 2.45) is 10.7 Å². The van der Waals surface area contributed by atoms with Gasteiger partial charge in [0, 0.05) is 5.92 Å². The number of aliphatic hydroxyl groups excluding tert-OH is 1. The number of allylic oxidation sites excluding steroid dienone is 3. The van der Waals surface area contributed by atoms with E-state index in [1.54, 1.807) is 4.90 Å². The zero-order valence-electron chi connectivity index (χ0n) is 18.8. The van der Waals surface area contributed by atoms with Gasteiger partial charge >= 0.3 is 0 Å². The number of aliphatic imine (C=N–C) groups is 1. The van der Waals surface area contributed by atoms with Gasteiger partial charge in [0.1, 0.15) is 0 Å². The lowest BCUT2D eigenvalue weighted by molar-refractivity contribution is -0.130. The first-order chi connectivity index (χ1) is 16.6. The molecule has 0 saturated carbocycles. The first kappa shape index (κ1) is 21.9. The molecule has 5 nitrogen and oxygen atoms in total. The van der Waals surface area contributed by atoms with E-state index < -0.39 is 5.54 Å². The predicted octanol–water partition coefficient (Wildman–Crippen LogP) is 4.25. The van der Waals surface area contributed by atoms with E-state index in [2.05, 4.69) is 18.2 Å². The van der Waals surface area contributed by atoms with Crippen LogP contribution in [0.15, 0.2) is 114 Å². The molecule has 1 aliphatic carbocycles. The summed E-state index contributed by atoms with van der Waals surface area (Å²) in [4.78, 5) is 20.4. The molecule has 0 spiro atoms. The Morgan fingerprint density at radius 3 is 2.29 bits per heavy atom. The lowest BCUT2D eigenvalue weighted by Crippen LogP contribution is -2.43. The molecule has 5 rings (SSSR count). The number of aliphatic hydroxyl groups is 1. The Balaban J connectivity index is 1.47. The van der Waals surface area contributed by atoms with Crippen LogP contribution in [0.25, 0.3) is 0 Å². The van der Waals surface area contributed by atoms with Gasteiger partial charge < -0.3 is 10.8 Å². The van der Waals surface area contributed by atoms with Gasteiger partial charge in [-0.2, -0.15) is 0 Å². The van der Waals surface area contributed by atoms with Gasteiger partial charge in [-0.25, -0.2) is 4.99 Å². The number of hydrogen-bond acceptors (Lipinski definition) is 4. The molecule has 1 amide bonds. The Bertz CT molecular complexity index is 1240. The van der Waals surface area contributed by atoms with Crippen molar-refractivity contribution in [2.75, 3.05) is 6.61 Å². The molecule has 170 valence electrons. The summed E-state index contributed by atoms with van der Waals surface area (Å²) in [5.74, 6) is 0.252. The highest BCUT2D eigenvalue weighted by Gasteiger charge is 2.50. The maximum Gasteiger partial charge on any atom is 0.266 e. The van der Waals surface area contributed by atoms with Crippen LogP contribution in [0.3, 0.4) is 0 Å². The summed E-state index contributed by atoms with van der Waals surface area (Å²) >= 11 is 0. The molecule has 0 bridgehead atoms. The van der Waals surface area contributed by atoms with E-state index in [-0.39, 0.29) is 24.4 Å². The van der Waals surface area contributed by atoms with Gasteiger partial charge in [-0.3, -0.25) is 9.69 Å². The van der Waals surface area contributed by atoms with Crippen LogP contribution < -0.4 is 5.73 Å². The van der Waals surface area contributed by atoms with E-state index in [9.17, 15) is 9.90 Å². The molecule has 0 aromatic heterocycles. The minimum absolute atomic E-state index is 0.0663. The number of benzene rings is 3. The molecule has 0 fully saturated rings. The Kier molecular flexibility index (Phi) is 5.86. The first-order valence-corrected chi connectivity index (χ1v) is 11.5. The van der Waals surface area contributed by atoms with Gasteiger partial charge in [-0.1, -0.05) is 103 Å². The minimum Gasteiger partial charge on any atom is -0.392 e. The van der Waals surface area contributed by atoms with E-state index in [0.717, 1.165) is 34.2 Å². The van der Waals surface area contributed by atoms with Crippen molar-refractivity contribution >= 4 is 11.9 Å². The van der Waals surface area contributed by atoms with Crippen LogP contribution >= 0.6 is 0 Å². The number of carbonyl (C=O) groups is 1.